The standard InChI is InChI=1S/C27H24N4O3S2/c1-18-12-13-19(2)22(14-18)29-25(32)17-35-27-28-15-24-26(30-27)21-10-6-7-11-23(21)31(36(24,33)34)16-20-8-4-3-5-9-20/h3-15H,16-17H2,1-2H3,(H,29,32). The number of nitrogens with one attached hydrogen (secondary N) is 1. The van der Waals surface area contributed by atoms with Crippen LogP contribution in [0.15, 0.2) is 89.0 Å². The molecule has 5 rings (SSSR count). The van der Waals surface area contributed by atoms with Crippen LogP contribution in [0.4, 0.5) is 11.4 Å². The smallest absolute Gasteiger partial charge is 0.268 e. The summed E-state index contributed by atoms with van der Waals surface area (Å²) >= 11 is 1.17. The van der Waals surface area contributed by atoms with E-state index >= 15 is 0 Å². The highest BCUT2D eigenvalue weighted by Crippen LogP contribution is 2.42. The second-order valence-corrected chi connectivity index (χ2v) is 11.3. The monoisotopic (exact) mass is 516 g/mol. The number of amides is 1. The molecule has 0 unspecified atom stereocenters. The molecule has 182 valence electrons. The van der Waals surface area contributed by atoms with Crippen molar-refractivity contribution in [3.63, 3.8) is 0 Å². The normalized spacial score (nSPS) is 13.6. The molecule has 3 aromatic carbocycles. The van der Waals surface area contributed by atoms with Crippen molar-refractivity contribution in [2.24, 2.45) is 0 Å². The minimum absolute atomic E-state index is 0.0568. The first-order valence-corrected chi connectivity index (χ1v) is 13.8. The van der Waals surface area contributed by atoms with E-state index < -0.39 is 10.0 Å². The number of rotatable bonds is 6. The van der Waals surface area contributed by atoms with Crippen molar-refractivity contribution < 1.29 is 13.2 Å². The van der Waals surface area contributed by atoms with Crippen LogP contribution in [-0.4, -0.2) is 30.0 Å². The van der Waals surface area contributed by atoms with Crippen LogP contribution >= 0.6 is 11.8 Å². The zero-order valence-electron chi connectivity index (χ0n) is 19.8. The van der Waals surface area contributed by atoms with Crippen LogP contribution in [0.2, 0.25) is 0 Å². The lowest BCUT2D eigenvalue weighted by atomic mass is 10.1. The van der Waals surface area contributed by atoms with Crippen LogP contribution in [0.25, 0.3) is 11.3 Å². The molecular weight excluding hydrogens is 492 g/mol. The summed E-state index contributed by atoms with van der Waals surface area (Å²) in [7, 11) is -3.87. The lowest BCUT2D eigenvalue weighted by molar-refractivity contribution is -0.113. The first-order chi connectivity index (χ1) is 17.3. The zero-order valence-corrected chi connectivity index (χ0v) is 21.4. The van der Waals surface area contributed by atoms with Crippen molar-refractivity contribution >= 4 is 39.1 Å². The summed E-state index contributed by atoms with van der Waals surface area (Å²) in [5.74, 6) is -0.0853. The molecule has 1 N–H and O–H groups in total. The van der Waals surface area contributed by atoms with Crippen LogP contribution in [0.3, 0.4) is 0 Å². The van der Waals surface area contributed by atoms with Crippen molar-refractivity contribution in [3.05, 3.63) is 95.7 Å². The van der Waals surface area contributed by atoms with E-state index in [1.807, 2.05) is 80.6 Å². The molecule has 0 fully saturated rings. The molecule has 36 heavy (non-hydrogen) atoms. The summed E-state index contributed by atoms with van der Waals surface area (Å²) in [6.07, 6.45) is 1.34. The lowest BCUT2D eigenvalue weighted by Crippen LogP contribution is -2.34. The Morgan fingerprint density at radius 3 is 2.56 bits per heavy atom. The maximum atomic E-state index is 13.6. The number of carbonyl (C=O) groups is 1. The molecule has 1 aromatic heterocycles. The molecular formula is C27H24N4O3S2. The zero-order chi connectivity index (χ0) is 25.3. The van der Waals surface area contributed by atoms with Gasteiger partial charge < -0.3 is 5.32 Å². The van der Waals surface area contributed by atoms with Crippen LogP contribution in [0, 0.1) is 13.8 Å². The third-order valence-electron chi connectivity index (χ3n) is 5.90. The van der Waals surface area contributed by atoms with Gasteiger partial charge in [0, 0.05) is 11.3 Å². The molecule has 0 bridgehead atoms. The molecule has 9 heteroatoms. The predicted molar refractivity (Wildman–Crippen MR) is 143 cm³/mol. The van der Waals surface area contributed by atoms with Crippen molar-refractivity contribution in [1.29, 1.82) is 0 Å². The van der Waals surface area contributed by atoms with E-state index in [9.17, 15) is 13.2 Å². The maximum absolute atomic E-state index is 13.6. The number of hydrogen-bond acceptors (Lipinski definition) is 6. The fraction of sp³-hybridized carbons (Fsp3) is 0.148. The number of anilines is 2. The Hall–Kier alpha value is -3.69. The van der Waals surface area contributed by atoms with Gasteiger partial charge in [-0.3, -0.25) is 9.10 Å². The van der Waals surface area contributed by atoms with E-state index in [1.165, 1.54) is 22.3 Å². The third kappa shape index (κ3) is 4.72. The predicted octanol–water partition coefficient (Wildman–Crippen LogP) is 5.20. The van der Waals surface area contributed by atoms with Crippen molar-refractivity contribution in [1.82, 2.24) is 9.97 Å². The molecule has 4 aromatic rings. The van der Waals surface area contributed by atoms with Crippen LogP contribution in [0.5, 0.6) is 0 Å². The first-order valence-electron chi connectivity index (χ1n) is 11.4. The number of hydrogen-bond donors (Lipinski definition) is 1. The minimum Gasteiger partial charge on any atom is -0.325 e. The van der Waals surface area contributed by atoms with Crippen LogP contribution in [0.1, 0.15) is 16.7 Å². The molecule has 7 nitrogen and oxygen atoms in total. The molecule has 0 saturated heterocycles. The number of aryl methyl sites for hydroxylation is 2. The maximum Gasteiger partial charge on any atom is 0.268 e. The number of aromatic nitrogens is 2. The van der Waals surface area contributed by atoms with Gasteiger partial charge in [-0.15, -0.1) is 0 Å². The van der Waals surface area contributed by atoms with Gasteiger partial charge in [0.25, 0.3) is 10.0 Å². The van der Waals surface area contributed by atoms with E-state index in [0.717, 1.165) is 22.4 Å². The number of fused-ring (bicyclic) bond motifs is 3. The summed E-state index contributed by atoms with van der Waals surface area (Å²) in [5, 5.41) is 3.26. The van der Waals surface area contributed by atoms with Gasteiger partial charge >= 0.3 is 0 Å². The van der Waals surface area contributed by atoms with Crippen LogP contribution < -0.4 is 9.62 Å². The van der Waals surface area contributed by atoms with Crippen LogP contribution in [-0.2, 0) is 21.4 Å². The second-order valence-electron chi connectivity index (χ2n) is 8.54. The number of benzene rings is 3. The Balaban J connectivity index is 1.41. The van der Waals surface area contributed by atoms with E-state index in [2.05, 4.69) is 15.3 Å². The van der Waals surface area contributed by atoms with Crippen molar-refractivity contribution in [3.8, 4) is 11.3 Å². The second kappa shape index (κ2) is 9.75. The van der Waals surface area contributed by atoms with E-state index in [1.54, 1.807) is 6.07 Å². The molecule has 0 radical (unpaired) electrons. The molecule has 0 saturated carbocycles. The Labute approximate surface area is 214 Å². The number of sulfonamides is 1. The molecule has 0 atom stereocenters. The number of nitrogens with zero attached hydrogens (tertiary/aromatic N) is 3. The summed E-state index contributed by atoms with van der Waals surface area (Å²) < 4.78 is 28.6. The fourth-order valence-electron chi connectivity index (χ4n) is 4.05. The van der Waals surface area contributed by atoms with Gasteiger partial charge in [0.15, 0.2) is 5.16 Å². The Kier molecular flexibility index (Phi) is 6.51. The Bertz CT molecular complexity index is 1560. The lowest BCUT2D eigenvalue weighted by Gasteiger charge is -2.31. The average Bonchev–Trinajstić information content (AvgIpc) is 2.88. The van der Waals surface area contributed by atoms with Crippen molar-refractivity contribution in [2.45, 2.75) is 30.4 Å². The highest BCUT2D eigenvalue weighted by Gasteiger charge is 2.36. The largest absolute Gasteiger partial charge is 0.325 e. The third-order valence-corrected chi connectivity index (χ3v) is 8.52. The number of carbonyl (C=O) groups excluding carboxylic acids is 1. The van der Waals surface area contributed by atoms with E-state index in [0.29, 0.717) is 22.1 Å². The number of thioether (sulfide) groups is 1. The topological polar surface area (TPSA) is 92.3 Å². The summed E-state index contributed by atoms with van der Waals surface area (Å²) in [6, 6.07) is 22.6. The SMILES string of the molecule is Cc1ccc(C)c(NC(=O)CSc2ncc3c(n2)-c2ccccc2N(Cc2ccccc2)S3(=O)=O)c1. The Morgan fingerprint density at radius 1 is 1.00 bits per heavy atom. The molecule has 0 spiro atoms. The summed E-state index contributed by atoms with van der Waals surface area (Å²) in [6.45, 7) is 4.11. The average molecular weight is 517 g/mol. The molecule has 1 aliphatic heterocycles. The molecule has 1 aliphatic rings. The van der Waals surface area contributed by atoms with Gasteiger partial charge in [0.2, 0.25) is 5.91 Å². The quantitative estimate of drug-likeness (QED) is 0.280. The summed E-state index contributed by atoms with van der Waals surface area (Å²) in [5.41, 5.74) is 5.31. The van der Waals surface area contributed by atoms with Gasteiger partial charge in [-0.05, 0) is 42.7 Å². The van der Waals surface area contributed by atoms with Gasteiger partial charge in [0.1, 0.15) is 4.90 Å². The first kappa shape index (κ1) is 24.0. The highest BCUT2D eigenvalue weighted by atomic mass is 32.2. The molecule has 2 heterocycles. The van der Waals surface area contributed by atoms with Gasteiger partial charge in [0.05, 0.1) is 29.9 Å². The molecule has 0 aliphatic carbocycles. The van der Waals surface area contributed by atoms with E-state index in [4.69, 9.17) is 0 Å². The van der Waals surface area contributed by atoms with Gasteiger partial charge in [-0.1, -0.05) is 72.4 Å². The minimum atomic E-state index is -3.87. The van der Waals surface area contributed by atoms with Gasteiger partial charge in [-0.25, -0.2) is 18.4 Å². The number of para-hydroxylation sites is 1. The van der Waals surface area contributed by atoms with Crippen molar-refractivity contribution in [2.75, 3.05) is 15.4 Å². The highest BCUT2D eigenvalue weighted by molar-refractivity contribution is 7.99. The Morgan fingerprint density at radius 2 is 1.75 bits per heavy atom. The van der Waals surface area contributed by atoms with E-state index in [-0.39, 0.29) is 23.1 Å². The van der Waals surface area contributed by atoms with Gasteiger partial charge in [-0.2, -0.15) is 0 Å². The molecule has 1 amide bonds. The summed E-state index contributed by atoms with van der Waals surface area (Å²) in [4.78, 5) is 21.5. The fourth-order valence-corrected chi connectivity index (χ4v) is 6.23.